The lowest BCUT2D eigenvalue weighted by Gasteiger charge is -2.43. The van der Waals surface area contributed by atoms with Crippen LogP contribution >= 0.6 is 0 Å². The summed E-state index contributed by atoms with van der Waals surface area (Å²) in [5, 5.41) is 0. The van der Waals surface area contributed by atoms with Gasteiger partial charge in [0.2, 0.25) is 0 Å². The van der Waals surface area contributed by atoms with E-state index in [4.69, 9.17) is 0 Å². The van der Waals surface area contributed by atoms with Gasteiger partial charge >= 0.3 is 0 Å². The molecule has 1 rings (SSSR count). The van der Waals surface area contributed by atoms with Gasteiger partial charge in [-0.2, -0.15) is 0 Å². The topological polar surface area (TPSA) is 0 Å². The van der Waals surface area contributed by atoms with Crippen molar-refractivity contribution < 1.29 is 0 Å². The highest BCUT2D eigenvalue weighted by molar-refractivity contribution is 5.13. The molecule has 2 atom stereocenters. The van der Waals surface area contributed by atoms with Gasteiger partial charge in [0, 0.05) is 0 Å². The zero-order valence-corrected chi connectivity index (χ0v) is 10.4. The summed E-state index contributed by atoms with van der Waals surface area (Å²) in [7, 11) is 0. The van der Waals surface area contributed by atoms with E-state index < -0.39 is 0 Å². The third-order valence-corrected chi connectivity index (χ3v) is 4.26. The van der Waals surface area contributed by atoms with Gasteiger partial charge < -0.3 is 0 Å². The van der Waals surface area contributed by atoms with Crippen LogP contribution < -0.4 is 0 Å². The molecular weight excluding hydrogens is 168 g/mol. The number of rotatable bonds is 3. The Morgan fingerprint density at radius 3 is 2.64 bits per heavy atom. The minimum atomic E-state index is 0.593. The van der Waals surface area contributed by atoms with Crippen LogP contribution in [-0.4, -0.2) is 0 Å². The molecule has 0 bridgehead atoms. The second kappa shape index (κ2) is 5.00. The van der Waals surface area contributed by atoms with Gasteiger partial charge in [-0.25, -0.2) is 0 Å². The van der Waals surface area contributed by atoms with Crippen molar-refractivity contribution in [2.75, 3.05) is 0 Å². The van der Waals surface area contributed by atoms with Gasteiger partial charge in [-0.05, 0) is 43.9 Å². The first-order chi connectivity index (χ1) is 6.68. The number of hydrogen-bond donors (Lipinski definition) is 0. The SMILES string of the molecule is C/C=C1\CCCC(C)(CC)C1CCC. The van der Waals surface area contributed by atoms with Crippen LogP contribution in [-0.2, 0) is 0 Å². The molecule has 0 aromatic rings. The summed E-state index contributed by atoms with van der Waals surface area (Å²) >= 11 is 0. The summed E-state index contributed by atoms with van der Waals surface area (Å²) < 4.78 is 0. The fraction of sp³-hybridized carbons (Fsp3) is 0.857. The molecule has 1 saturated carbocycles. The van der Waals surface area contributed by atoms with E-state index in [9.17, 15) is 0 Å². The van der Waals surface area contributed by atoms with Crippen LogP contribution in [0.5, 0.6) is 0 Å². The molecule has 0 nitrogen and oxygen atoms in total. The van der Waals surface area contributed by atoms with Gasteiger partial charge in [-0.1, -0.05) is 45.3 Å². The Balaban J connectivity index is 2.83. The molecule has 0 amide bonds. The maximum atomic E-state index is 2.50. The molecule has 1 aliphatic rings. The highest BCUT2D eigenvalue weighted by Crippen LogP contribution is 2.48. The highest BCUT2D eigenvalue weighted by atomic mass is 14.4. The molecule has 82 valence electrons. The van der Waals surface area contributed by atoms with E-state index in [1.807, 2.05) is 0 Å². The van der Waals surface area contributed by atoms with Crippen LogP contribution in [0.3, 0.4) is 0 Å². The highest BCUT2D eigenvalue weighted by Gasteiger charge is 2.36. The lowest BCUT2D eigenvalue weighted by Crippen LogP contribution is -2.32. The van der Waals surface area contributed by atoms with Gasteiger partial charge in [-0.15, -0.1) is 0 Å². The lowest BCUT2D eigenvalue weighted by molar-refractivity contribution is 0.147. The monoisotopic (exact) mass is 194 g/mol. The van der Waals surface area contributed by atoms with Crippen molar-refractivity contribution in [1.29, 1.82) is 0 Å². The molecule has 0 heteroatoms. The van der Waals surface area contributed by atoms with Gasteiger partial charge in [0.05, 0.1) is 0 Å². The van der Waals surface area contributed by atoms with Crippen molar-refractivity contribution in [1.82, 2.24) is 0 Å². The van der Waals surface area contributed by atoms with Crippen molar-refractivity contribution >= 4 is 0 Å². The van der Waals surface area contributed by atoms with Crippen LogP contribution in [0, 0.1) is 11.3 Å². The molecule has 0 aromatic heterocycles. The molecule has 0 aliphatic heterocycles. The second-order valence-corrected chi connectivity index (χ2v) is 5.07. The van der Waals surface area contributed by atoms with E-state index >= 15 is 0 Å². The standard InChI is InChI=1S/C14H26/c1-5-9-13-12(6-2)10-8-11-14(13,4)7-3/h6,13H,5,7-11H2,1-4H3/b12-6+. The van der Waals surface area contributed by atoms with Gasteiger partial charge in [0.15, 0.2) is 0 Å². The first kappa shape index (κ1) is 11.8. The second-order valence-electron chi connectivity index (χ2n) is 5.07. The Hall–Kier alpha value is -0.260. The van der Waals surface area contributed by atoms with E-state index in [1.165, 1.54) is 38.5 Å². The van der Waals surface area contributed by atoms with Crippen LogP contribution in [0.4, 0.5) is 0 Å². The predicted octanol–water partition coefficient (Wildman–Crippen LogP) is 4.95. The van der Waals surface area contributed by atoms with Crippen molar-refractivity contribution in [2.45, 2.75) is 66.2 Å². The fourth-order valence-electron chi connectivity index (χ4n) is 3.08. The Bertz CT molecular complexity index is 202. The minimum Gasteiger partial charge on any atom is -0.0882 e. The van der Waals surface area contributed by atoms with Crippen molar-refractivity contribution in [2.24, 2.45) is 11.3 Å². The third-order valence-electron chi connectivity index (χ3n) is 4.26. The molecule has 0 heterocycles. The fourth-order valence-corrected chi connectivity index (χ4v) is 3.08. The summed E-state index contributed by atoms with van der Waals surface area (Å²) in [6.45, 7) is 9.40. The van der Waals surface area contributed by atoms with E-state index in [0.717, 1.165) is 5.92 Å². The molecule has 2 unspecified atom stereocenters. The van der Waals surface area contributed by atoms with Crippen LogP contribution in [0.1, 0.15) is 66.2 Å². The molecule has 14 heavy (non-hydrogen) atoms. The van der Waals surface area contributed by atoms with Crippen LogP contribution in [0.2, 0.25) is 0 Å². The van der Waals surface area contributed by atoms with E-state index in [1.54, 1.807) is 5.57 Å². The Labute approximate surface area is 89.8 Å². The normalized spacial score (nSPS) is 36.3. The largest absolute Gasteiger partial charge is 0.0882 e. The summed E-state index contributed by atoms with van der Waals surface area (Å²) in [5.41, 5.74) is 2.33. The number of allylic oxidation sites excluding steroid dienone is 2. The molecule has 0 spiro atoms. The Morgan fingerprint density at radius 2 is 2.14 bits per heavy atom. The lowest BCUT2D eigenvalue weighted by atomic mass is 9.62. The van der Waals surface area contributed by atoms with E-state index in [2.05, 4.69) is 33.8 Å². The Kier molecular flexibility index (Phi) is 4.22. The average Bonchev–Trinajstić information content (AvgIpc) is 2.21. The summed E-state index contributed by atoms with van der Waals surface area (Å²) in [5.74, 6) is 0.872. The first-order valence-corrected chi connectivity index (χ1v) is 6.33. The van der Waals surface area contributed by atoms with Crippen LogP contribution in [0.25, 0.3) is 0 Å². The summed E-state index contributed by atoms with van der Waals surface area (Å²) in [6.07, 6.45) is 10.6. The van der Waals surface area contributed by atoms with Crippen molar-refractivity contribution in [3.63, 3.8) is 0 Å². The van der Waals surface area contributed by atoms with Crippen molar-refractivity contribution in [3.8, 4) is 0 Å². The zero-order valence-electron chi connectivity index (χ0n) is 10.4. The van der Waals surface area contributed by atoms with E-state index in [0.29, 0.717) is 5.41 Å². The molecule has 0 N–H and O–H groups in total. The van der Waals surface area contributed by atoms with Crippen molar-refractivity contribution in [3.05, 3.63) is 11.6 Å². The maximum absolute atomic E-state index is 2.50. The molecular formula is C14H26. The van der Waals surface area contributed by atoms with Gasteiger partial charge in [-0.3, -0.25) is 0 Å². The Morgan fingerprint density at radius 1 is 1.43 bits per heavy atom. The molecule has 0 radical (unpaired) electrons. The third kappa shape index (κ3) is 2.21. The quantitative estimate of drug-likeness (QED) is 0.558. The molecule has 1 aliphatic carbocycles. The maximum Gasteiger partial charge on any atom is -0.0150 e. The number of hydrogen-bond acceptors (Lipinski definition) is 0. The summed E-state index contributed by atoms with van der Waals surface area (Å²) in [6, 6.07) is 0. The van der Waals surface area contributed by atoms with Crippen LogP contribution in [0.15, 0.2) is 11.6 Å². The smallest absolute Gasteiger partial charge is 0.0150 e. The van der Waals surface area contributed by atoms with E-state index in [-0.39, 0.29) is 0 Å². The molecule has 0 aromatic carbocycles. The first-order valence-electron chi connectivity index (χ1n) is 6.33. The predicted molar refractivity (Wildman–Crippen MR) is 64.4 cm³/mol. The van der Waals surface area contributed by atoms with Gasteiger partial charge in [0.1, 0.15) is 0 Å². The zero-order chi connectivity index (χ0) is 10.6. The van der Waals surface area contributed by atoms with Gasteiger partial charge in [0.25, 0.3) is 0 Å². The minimum absolute atomic E-state index is 0.593. The molecule has 1 fully saturated rings. The molecule has 0 saturated heterocycles. The summed E-state index contributed by atoms with van der Waals surface area (Å²) in [4.78, 5) is 0. The average molecular weight is 194 g/mol.